The molecular weight excluding hydrogens is 1390 g/mol. The molecule has 0 aliphatic carbocycles. The Bertz CT molecular complexity index is 3610. The van der Waals surface area contributed by atoms with Crippen LogP contribution in [0.1, 0.15) is 90.7 Å². The molecule has 7 rings (SSSR count). The highest BCUT2D eigenvalue weighted by Gasteiger charge is 2.49. The van der Waals surface area contributed by atoms with Gasteiger partial charge in [-0.25, -0.2) is 33.7 Å². The van der Waals surface area contributed by atoms with Crippen LogP contribution in [0, 0.1) is 0 Å². The summed E-state index contributed by atoms with van der Waals surface area (Å²) in [5.74, 6) is -3.68. The number of hydrogen-bond acceptors (Lipinski definition) is 28. The minimum Gasteiger partial charge on any atom is -0.497 e. The third-order valence-corrected chi connectivity index (χ3v) is 18.3. The minimum absolute atomic E-state index is 0.00638. The van der Waals surface area contributed by atoms with E-state index in [-0.39, 0.29) is 87.3 Å². The summed E-state index contributed by atoms with van der Waals surface area (Å²) in [7, 11) is -5.40. The molecule has 3 aromatic heterocycles. The fourth-order valence-corrected chi connectivity index (χ4v) is 13.0. The van der Waals surface area contributed by atoms with Crippen LogP contribution in [-0.2, 0) is 76.6 Å². The van der Waals surface area contributed by atoms with Crippen LogP contribution in [-0.4, -0.2) is 272 Å². The first kappa shape index (κ1) is 81.4. The van der Waals surface area contributed by atoms with Crippen molar-refractivity contribution in [1.29, 1.82) is 0 Å². The fraction of sp³-hybridized carbons (Fsp3) is 0.639. The minimum atomic E-state index is -5.40. The molecule has 566 valence electrons. The SMILES string of the molecule is COc1ccc(C[C@H](NC(=O)[C@@H](CCCNC(C)=O)NC(=O)OC(C)(C)C)C(=O)NC2[C@@H](COP(=O)(O)O[C@@H]3C[C@H](n4ccc(N)nc4=O)O[C@@H]3COP(=O)(O)OCCCCCCNC(=O)CN3CCN(CC(=O)O)CCN(CC(=O)O)CC3)O[C@@H](n3cnc4c(N(C)C)ncnc43)[C@H]2O)cc1. The Hall–Kier alpha value is -7.88. The average Bonchev–Trinajstić information content (AvgIpc) is 1.61. The number of carboxylic acid groups (broad SMARTS) is 2. The first-order valence-corrected chi connectivity index (χ1v) is 36.1. The summed E-state index contributed by atoms with van der Waals surface area (Å²) >= 11 is 0. The molecule has 3 aliphatic heterocycles. The van der Waals surface area contributed by atoms with Crippen LogP contribution < -0.4 is 47.6 Å². The first-order valence-electron chi connectivity index (χ1n) is 33.1. The first-order chi connectivity index (χ1) is 48.2. The van der Waals surface area contributed by atoms with Gasteiger partial charge in [0.25, 0.3) is 0 Å². The molecular formula is C61H94N16O23P2. The number of nitrogens with two attached hydrogens (primary N) is 1. The van der Waals surface area contributed by atoms with Crippen LogP contribution >= 0.6 is 15.6 Å². The number of nitrogens with one attached hydrogen (secondary N) is 5. The van der Waals surface area contributed by atoms with E-state index >= 15 is 0 Å². The maximum Gasteiger partial charge on any atom is 0.472 e. The van der Waals surface area contributed by atoms with E-state index in [4.69, 9.17) is 42.8 Å². The van der Waals surface area contributed by atoms with E-state index in [1.165, 1.54) is 43.5 Å². The number of phosphoric ester groups is 2. The molecule has 102 heavy (non-hydrogen) atoms. The van der Waals surface area contributed by atoms with E-state index in [0.717, 1.165) is 4.57 Å². The Kier molecular flexibility index (Phi) is 30.4. The van der Waals surface area contributed by atoms with Crippen LogP contribution in [0.25, 0.3) is 11.2 Å². The molecule has 0 radical (unpaired) electrons. The molecule has 0 spiro atoms. The Morgan fingerprint density at radius 1 is 0.755 bits per heavy atom. The highest BCUT2D eigenvalue weighted by molar-refractivity contribution is 7.47. The quantitative estimate of drug-likeness (QED) is 0.0204. The van der Waals surface area contributed by atoms with Gasteiger partial charge in [-0.3, -0.25) is 70.7 Å². The molecule has 0 bridgehead atoms. The van der Waals surface area contributed by atoms with E-state index in [1.54, 1.807) is 73.8 Å². The van der Waals surface area contributed by atoms with Crippen LogP contribution in [0.15, 0.2) is 54.0 Å². The topological polar surface area (TPSA) is 506 Å². The maximum absolute atomic E-state index is 15.0. The van der Waals surface area contributed by atoms with Crippen molar-refractivity contribution in [3.8, 4) is 5.75 Å². The Labute approximate surface area is 587 Å². The van der Waals surface area contributed by atoms with Gasteiger partial charge in [-0.05, 0) is 70.2 Å². The van der Waals surface area contributed by atoms with Gasteiger partial charge in [0, 0.05) is 92.4 Å². The number of carboxylic acids is 2. The van der Waals surface area contributed by atoms with Crippen molar-refractivity contribution in [2.24, 2.45) is 0 Å². The maximum atomic E-state index is 15.0. The number of hydrogen-bond donors (Lipinski definition) is 11. The predicted octanol–water partition coefficient (Wildman–Crippen LogP) is -0.291. The molecule has 3 saturated heterocycles. The van der Waals surface area contributed by atoms with Gasteiger partial charge in [-0.1, -0.05) is 25.0 Å². The number of fused-ring (bicyclic) bond motifs is 1. The Morgan fingerprint density at radius 2 is 1.38 bits per heavy atom. The van der Waals surface area contributed by atoms with E-state index in [2.05, 4.69) is 46.5 Å². The van der Waals surface area contributed by atoms with Crippen molar-refractivity contribution in [2.75, 3.05) is 124 Å². The lowest BCUT2D eigenvalue weighted by molar-refractivity contribution is -0.140. The number of aliphatic hydroxyl groups is 1. The molecule has 41 heteroatoms. The number of anilines is 2. The number of benzene rings is 1. The third-order valence-electron chi connectivity index (χ3n) is 16.3. The van der Waals surface area contributed by atoms with E-state index < -0.39 is 131 Å². The predicted molar refractivity (Wildman–Crippen MR) is 361 cm³/mol. The van der Waals surface area contributed by atoms with Crippen LogP contribution in [0.3, 0.4) is 0 Å². The third kappa shape index (κ3) is 25.8. The van der Waals surface area contributed by atoms with Gasteiger partial charge < -0.3 is 81.3 Å². The van der Waals surface area contributed by atoms with Crippen molar-refractivity contribution in [3.63, 3.8) is 0 Å². The van der Waals surface area contributed by atoms with Gasteiger partial charge in [-0.15, -0.1) is 0 Å². The lowest BCUT2D eigenvalue weighted by atomic mass is 10.0. The number of amides is 5. The molecule has 3 fully saturated rings. The van der Waals surface area contributed by atoms with Crippen molar-refractivity contribution in [1.82, 2.24) is 70.4 Å². The molecule has 12 N–H and O–H groups in total. The monoisotopic (exact) mass is 1480 g/mol. The number of ether oxygens (including phenoxy) is 4. The highest BCUT2D eigenvalue weighted by atomic mass is 31.2. The van der Waals surface area contributed by atoms with Crippen molar-refractivity contribution >= 4 is 80.1 Å². The molecule has 11 atom stereocenters. The van der Waals surface area contributed by atoms with Gasteiger partial charge in [0.15, 0.2) is 23.2 Å². The molecule has 4 aromatic rings. The standard InChI is InChI=1S/C61H94N16O23P2/c1-38(78)63-20-12-13-41(69-60(88)99-61(2,3)4)56(85)68-42(29-39-14-16-40(93-7)17-15-39)57(86)71-51-45(98-58(53(51)84)77-37-67-52-54(72(5)6)65-36-66-55(52)77)35-96-102(91,92)100-43-30-48(76-21-18-46(62)70-59(76)87)97-44(43)34-95-101(89,90)94-28-11-9-8-10-19-64-47(79)31-73-22-24-74(32-49(80)81)26-27-75(25-23-73)33-50(82)83/h14-18,21,36-37,41-45,48,51,53,58,84H,8-13,19-20,22-35H2,1-7H3,(H,63,78)(H,64,79)(H,68,85)(H,69,88)(H,71,86)(H,80,81)(H,82,83)(H,89,90)(H,91,92)(H2,62,70,87)/t41-,42+,43-,44-,45-,48-,51?,53+,58-/m1/s1. The molecule has 3 unspecified atom stereocenters. The summed E-state index contributed by atoms with van der Waals surface area (Å²) in [4.78, 5) is 149. The van der Waals surface area contributed by atoms with E-state index in [9.17, 15) is 72.6 Å². The average molecular weight is 1480 g/mol. The fourth-order valence-electron chi connectivity index (χ4n) is 11.3. The second-order valence-electron chi connectivity index (χ2n) is 25.7. The number of nitrogens with zero attached hydrogens (tertiary/aromatic N) is 10. The largest absolute Gasteiger partial charge is 0.497 e. The number of aromatic nitrogens is 6. The normalized spacial score (nSPS) is 21.8. The zero-order chi connectivity index (χ0) is 74.5. The number of imidazole rings is 1. The highest BCUT2D eigenvalue weighted by Crippen LogP contribution is 2.51. The van der Waals surface area contributed by atoms with Gasteiger partial charge in [0.1, 0.15) is 66.2 Å². The molecule has 6 heterocycles. The summed E-state index contributed by atoms with van der Waals surface area (Å²) in [6, 6.07) is 3.45. The smallest absolute Gasteiger partial charge is 0.472 e. The zero-order valence-electron chi connectivity index (χ0n) is 57.9. The Morgan fingerprint density at radius 3 is 2.00 bits per heavy atom. The van der Waals surface area contributed by atoms with Gasteiger partial charge in [0.2, 0.25) is 23.6 Å². The zero-order valence-corrected chi connectivity index (χ0v) is 59.7. The Balaban J connectivity index is 1.02. The number of rotatable bonds is 37. The van der Waals surface area contributed by atoms with Gasteiger partial charge in [0.05, 0.1) is 58.9 Å². The number of carbonyl (C=O) groups is 7. The van der Waals surface area contributed by atoms with Crippen molar-refractivity contribution < 1.29 is 105 Å². The van der Waals surface area contributed by atoms with E-state index in [0.29, 0.717) is 82.2 Å². The second kappa shape index (κ2) is 38.0. The molecule has 0 saturated carbocycles. The van der Waals surface area contributed by atoms with Gasteiger partial charge in [-0.2, -0.15) is 4.98 Å². The lowest BCUT2D eigenvalue weighted by Gasteiger charge is -2.28. The summed E-state index contributed by atoms with van der Waals surface area (Å²) in [5, 5.41) is 44.6. The molecule has 5 amide bonds. The number of aliphatic hydroxyl groups excluding tert-OH is 1. The number of carbonyl (C=O) groups excluding carboxylic acids is 5. The van der Waals surface area contributed by atoms with Crippen LogP contribution in [0.4, 0.5) is 16.4 Å². The van der Waals surface area contributed by atoms with Crippen molar-refractivity contribution in [3.05, 3.63) is 65.2 Å². The summed E-state index contributed by atoms with van der Waals surface area (Å²) in [5.41, 5.74) is 4.84. The van der Waals surface area contributed by atoms with Crippen LogP contribution in [0.2, 0.25) is 0 Å². The second-order valence-corrected chi connectivity index (χ2v) is 28.6. The molecule has 39 nitrogen and oxygen atoms in total. The summed E-state index contributed by atoms with van der Waals surface area (Å²) in [6.07, 6.45) is -4.80. The molecule has 1 aromatic carbocycles. The van der Waals surface area contributed by atoms with E-state index in [1.807, 2.05) is 4.90 Å². The lowest BCUT2D eigenvalue weighted by Crippen LogP contribution is -2.58. The summed E-state index contributed by atoms with van der Waals surface area (Å²) < 4.78 is 75.1. The number of alkyl carbamates (subject to hydrolysis) is 1. The van der Waals surface area contributed by atoms with Crippen molar-refractivity contribution in [2.45, 2.75) is 140 Å². The molecule has 3 aliphatic rings. The van der Waals surface area contributed by atoms with Gasteiger partial charge >= 0.3 is 39.4 Å². The number of aliphatic carboxylic acids is 2. The number of methoxy groups -OCH3 is 1. The summed E-state index contributed by atoms with van der Waals surface area (Å²) in [6.45, 7) is 6.40. The number of nitrogen functional groups attached to an aromatic ring is 1. The number of unbranched alkanes of at least 4 members (excludes halogenated alkanes) is 3. The number of phosphoric acid groups is 2. The van der Waals surface area contributed by atoms with Crippen LogP contribution in [0.5, 0.6) is 5.75 Å².